The fourth-order valence-electron chi connectivity index (χ4n) is 1.01. The Balaban J connectivity index is 2.89. The van der Waals surface area contributed by atoms with Crippen LogP contribution in [0.15, 0.2) is 42.5 Å². The van der Waals surface area contributed by atoms with Gasteiger partial charge in [0.15, 0.2) is 0 Å². The number of rotatable bonds is 2. The Morgan fingerprint density at radius 3 is 2.58 bits per heavy atom. The Kier molecular flexibility index (Phi) is 2.87. The van der Waals surface area contributed by atoms with Gasteiger partial charge >= 0.3 is 0 Å². The third-order valence-corrected chi connectivity index (χ3v) is 1.74. The molecule has 1 rings (SSSR count). The normalized spacial score (nSPS) is 10.5. The molecule has 0 N–H and O–H groups in total. The van der Waals surface area contributed by atoms with Crippen LogP contribution in [0.5, 0.6) is 0 Å². The molecule has 62 valence electrons. The number of hydrogen-bond donors (Lipinski definition) is 0. The number of aryl methyl sites for hydroxylation is 1. The van der Waals surface area contributed by atoms with E-state index in [1.807, 2.05) is 25.1 Å². The zero-order valence-electron chi connectivity index (χ0n) is 7.67. The highest BCUT2D eigenvalue weighted by Gasteiger charge is 1.89. The molecule has 0 aliphatic heterocycles. The van der Waals surface area contributed by atoms with Gasteiger partial charge in [-0.2, -0.15) is 0 Å². The van der Waals surface area contributed by atoms with Crippen molar-refractivity contribution in [3.63, 3.8) is 0 Å². The molecule has 0 bridgehead atoms. The second-order valence-electron chi connectivity index (χ2n) is 3.04. The van der Waals surface area contributed by atoms with Crippen molar-refractivity contribution in [1.82, 2.24) is 0 Å². The minimum Gasteiger partial charge on any atom is -0.0961 e. The van der Waals surface area contributed by atoms with Crippen LogP contribution in [0, 0.1) is 6.92 Å². The fraction of sp³-hybridized carbons (Fsp3) is 0.167. The second kappa shape index (κ2) is 3.91. The molecule has 0 saturated carbocycles. The fourth-order valence-corrected chi connectivity index (χ4v) is 1.01. The van der Waals surface area contributed by atoms with E-state index in [-0.39, 0.29) is 0 Å². The zero-order valence-corrected chi connectivity index (χ0v) is 7.67. The molecule has 0 atom stereocenters. The van der Waals surface area contributed by atoms with Gasteiger partial charge in [0.1, 0.15) is 0 Å². The molecule has 0 heterocycles. The molecular formula is C12H14. The van der Waals surface area contributed by atoms with Gasteiger partial charge in [0.25, 0.3) is 0 Å². The average Bonchev–Trinajstić information content (AvgIpc) is 2.03. The summed E-state index contributed by atoms with van der Waals surface area (Å²) in [5.74, 6) is 0. The van der Waals surface area contributed by atoms with Gasteiger partial charge in [-0.15, -0.1) is 0 Å². The summed E-state index contributed by atoms with van der Waals surface area (Å²) in [6, 6.07) is 8.31. The quantitative estimate of drug-likeness (QED) is 0.577. The van der Waals surface area contributed by atoms with Gasteiger partial charge in [-0.05, 0) is 25.0 Å². The van der Waals surface area contributed by atoms with E-state index in [0.29, 0.717) is 0 Å². The van der Waals surface area contributed by atoms with E-state index < -0.39 is 0 Å². The third-order valence-electron chi connectivity index (χ3n) is 1.74. The summed E-state index contributed by atoms with van der Waals surface area (Å²) in [7, 11) is 0. The summed E-state index contributed by atoms with van der Waals surface area (Å²) in [5.41, 5.74) is 3.65. The molecule has 1 aromatic rings. The van der Waals surface area contributed by atoms with Gasteiger partial charge < -0.3 is 0 Å². The smallest absolute Gasteiger partial charge is 0.0227 e. The molecule has 0 nitrogen and oxygen atoms in total. The standard InChI is InChI=1S/C12H14/c1-10(2)8-9-12-7-5-4-6-11(12)3/h4-9H,1H2,2-3H3/b9-8-. The largest absolute Gasteiger partial charge is 0.0961 e. The summed E-state index contributed by atoms with van der Waals surface area (Å²) in [6.07, 6.45) is 4.12. The number of allylic oxidation sites excluding steroid dienone is 2. The van der Waals surface area contributed by atoms with Crippen LogP contribution in [-0.4, -0.2) is 0 Å². The lowest BCUT2D eigenvalue weighted by Gasteiger charge is -1.97. The maximum Gasteiger partial charge on any atom is -0.0227 e. The Morgan fingerprint density at radius 1 is 1.33 bits per heavy atom. The third kappa shape index (κ3) is 2.39. The molecule has 0 radical (unpaired) electrons. The van der Waals surface area contributed by atoms with Gasteiger partial charge in [-0.1, -0.05) is 48.6 Å². The van der Waals surface area contributed by atoms with Crippen LogP contribution in [0.3, 0.4) is 0 Å². The predicted molar refractivity (Wildman–Crippen MR) is 55.0 cm³/mol. The first-order valence-electron chi connectivity index (χ1n) is 4.09. The van der Waals surface area contributed by atoms with E-state index in [9.17, 15) is 0 Å². The minimum atomic E-state index is 1.08. The molecule has 0 spiro atoms. The van der Waals surface area contributed by atoms with Crippen LogP contribution in [0.25, 0.3) is 6.08 Å². The van der Waals surface area contributed by atoms with Crippen molar-refractivity contribution in [3.05, 3.63) is 53.6 Å². The average molecular weight is 158 g/mol. The van der Waals surface area contributed by atoms with Gasteiger partial charge in [-0.3, -0.25) is 0 Å². The highest BCUT2D eigenvalue weighted by Crippen LogP contribution is 2.09. The van der Waals surface area contributed by atoms with Crippen LogP contribution in [0.2, 0.25) is 0 Å². The molecule has 0 fully saturated rings. The summed E-state index contributed by atoms with van der Waals surface area (Å²) in [5, 5.41) is 0. The van der Waals surface area contributed by atoms with Crippen molar-refractivity contribution in [2.24, 2.45) is 0 Å². The number of hydrogen-bond acceptors (Lipinski definition) is 0. The van der Waals surface area contributed by atoms with Crippen molar-refractivity contribution in [2.75, 3.05) is 0 Å². The first kappa shape index (κ1) is 8.79. The van der Waals surface area contributed by atoms with Gasteiger partial charge in [0.05, 0.1) is 0 Å². The Bertz CT molecular complexity index is 306. The second-order valence-corrected chi connectivity index (χ2v) is 3.04. The SMILES string of the molecule is C=C(C)/C=C\c1ccccc1C. The maximum absolute atomic E-state index is 3.81. The molecule has 0 heteroatoms. The van der Waals surface area contributed by atoms with Crippen LogP contribution in [0.4, 0.5) is 0 Å². The van der Waals surface area contributed by atoms with Crippen molar-refractivity contribution >= 4 is 6.08 Å². The Morgan fingerprint density at radius 2 is 2.00 bits per heavy atom. The molecule has 1 aromatic carbocycles. The molecule has 0 aromatic heterocycles. The van der Waals surface area contributed by atoms with E-state index in [2.05, 4.69) is 31.7 Å². The maximum atomic E-state index is 3.81. The zero-order chi connectivity index (χ0) is 8.97. The Hall–Kier alpha value is -1.30. The summed E-state index contributed by atoms with van der Waals surface area (Å²) in [6.45, 7) is 7.92. The van der Waals surface area contributed by atoms with Crippen molar-refractivity contribution in [1.29, 1.82) is 0 Å². The van der Waals surface area contributed by atoms with Crippen molar-refractivity contribution < 1.29 is 0 Å². The molecule has 0 aliphatic rings. The van der Waals surface area contributed by atoms with Gasteiger partial charge in [-0.25, -0.2) is 0 Å². The first-order chi connectivity index (χ1) is 5.70. The monoisotopic (exact) mass is 158 g/mol. The van der Waals surface area contributed by atoms with E-state index in [0.717, 1.165) is 5.57 Å². The molecule has 0 saturated heterocycles. The lowest BCUT2D eigenvalue weighted by molar-refractivity contribution is 1.44. The topological polar surface area (TPSA) is 0 Å². The number of benzene rings is 1. The van der Waals surface area contributed by atoms with E-state index in [1.165, 1.54) is 11.1 Å². The van der Waals surface area contributed by atoms with Crippen LogP contribution >= 0.6 is 0 Å². The molecule has 0 unspecified atom stereocenters. The van der Waals surface area contributed by atoms with Crippen LogP contribution in [-0.2, 0) is 0 Å². The first-order valence-corrected chi connectivity index (χ1v) is 4.09. The van der Waals surface area contributed by atoms with Crippen LogP contribution < -0.4 is 0 Å². The van der Waals surface area contributed by atoms with E-state index in [4.69, 9.17) is 0 Å². The van der Waals surface area contributed by atoms with Crippen molar-refractivity contribution in [2.45, 2.75) is 13.8 Å². The van der Waals surface area contributed by atoms with Crippen LogP contribution in [0.1, 0.15) is 18.1 Å². The summed E-state index contributed by atoms with van der Waals surface area (Å²) in [4.78, 5) is 0. The van der Waals surface area contributed by atoms with E-state index in [1.54, 1.807) is 0 Å². The molecular weight excluding hydrogens is 144 g/mol. The van der Waals surface area contributed by atoms with E-state index >= 15 is 0 Å². The van der Waals surface area contributed by atoms with Crippen molar-refractivity contribution in [3.8, 4) is 0 Å². The molecule has 12 heavy (non-hydrogen) atoms. The predicted octanol–water partition coefficient (Wildman–Crippen LogP) is 3.58. The van der Waals surface area contributed by atoms with Gasteiger partial charge in [0, 0.05) is 0 Å². The lowest BCUT2D eigenvalue weighted by atomic mass is 10.1. The Labute approximate surface area is 74.2 Å². The highest BCUT2D eigenvalue weighted by atomic mass is 13.9. The summed E-state index contributed by atoms with van der Waals surface area (Å²) >= 11 is 0. The minimum absolute atomic E-state index is 1.08. The lowest BCUT2D eigenvalue weighted by Crippen LogP contribution is -1.77. The molecule has 0 aliphatic carbocycles. The summed E-state index contributed by atoms with van der Waals surface area (Å²) < 4.78 is 0. The highest BCUT2D eigenvalue weighted by molar-refractivity contribution is 5.55. The van der Waals surface area contributed by atoms with Gasteiger partial charge in [0.2, 0.25) is 0 Å². The molecule has 0 amide bonds.